The number of nitrogens with zero attached hydrogens (tertiary/aromatic N) is 2. The van der Waals surface area contributed by atoms with Crippen molar-refractivity contribution in [2.24, 2.45) is 5.10 Å². The summed E-state index contributed by atoms with van der Waals surface area (Å²) >= 11 is 0. The number of rotatable bonds is 8. The summed E-state index contributed by atoms with van der Waals surface area (Å²) in [6.07, 6.45) is -0.128. The van der Waals surface area contributed by atoms with Gasteiger partial charge < -0.3 is 5.11 Å². The van der Waals surface area contributed by atoms with Gasteiger partial charge in [0, 0.05) is 18.4 Å². The molecule has 0 fully saturated rings. The lowest BCUT2D eigenvalue weighted by Gasteiger charge is -2.22. The Morgan fingerprint density at radius 3 is 2.43 bits per heavy atom. The second kappa shape index (κ2) is 10.1. The van der Waals surface area contributed by atoms with Crippen molar-refractivity contribution in [3.05, 3.63) is 95.6 Å². The van der Waals surface area contributed by atoms with E-state index in [0.29, 0.717) is 23.4 Å². The largest absolute Gasteiger partial charge is 0.481 e. The van der Waals surface area contributed by atoms with Crippen molar-refractivity contribution in [1.82, 2.24) is 5.01 Å². The number of sulfonamides is 1. The Balaban J connectivity index is 1.69. The number of hydrogen-bond acceptors (Lipinski definition) is 5. The molecule has 9 heteroatoms. The predicted molar refractivity (Wildman–Crippen MR) is 132 cm³/mol. The quantitative estimate of drug-likeness (QED) is 0.486. The lowest BCUT2D eigenvalue weighted by molar-refractivity contribution is -0.141. The zero-order valence-electron chi connectivity index (χ0n) is 19.1. The van der Waals surface area contributed by atoms with E-state index in [-0.39, 0.29) is 17.7 Å². The average molecular weight is 492 g/mol. The molecule has 0 bridgehead atoms. The SMILES string of the molecule is Cc1cccc([C@H]2CC(c3ccccc3NS(=O)(=O)c3ccccc3)=NN2C(=O)CCC(=O)O)c1. The monoisotopic (exact) mass is 491 g/mol. The molecule has 3 aromatic carbocycles. The molecule has 0 saturated heterocycles. The van der Waals surface area contributed by atoms with E-state index in [1.165, 1.54) is 17.1 Å². The van der Waals surface area contributed by atoms with Gasteiger partial charge in [0.1, 0.15) is 0 Å². The van der Waals surface area contributed by atoms with Crippen molar-refractivity contribution >= 4 is 33.3 Å². The maximum absolute atomic E-state index is 12.9. The van der Waals surface area contributed by atoms with Crippen LogP contribution in [0.5, 0.6) is 0 Å². The first-order valence-corrected chi connectivity index (χ1v) is 12.6. The van der Waals surface area contributed by atoms with Crippen molar-refractivity contribution in [2.45, 2.75) is 37.1 Å². The third-order valence-corrected chi connectivity index (χ3v) is 7.06. The van der Waals surface area contributed by atoms with E-state index < -0.39 is 27.9 Å². The minimum Gasteiger partial charge on any atom is -0.481 e. The summed E-state index contributed by atoms with van der Waals surface area (Å²) in [7, 11) is -3.84. The number of carbonyl (C=O) groups is 2. The Bertz CT molecular complexity index is 1390. The van der Waals surface area contributed by atoms with E-state index in [9.17, 15) is 18.0 Å². The number of nitrogens with one attached hydrogen (secondary N) is 1. The Morgan fingerprint density at radius 2 is 1.71 bits per heavy atom. The molecule has 0 radical (unpaired) electrons. The number of carboxylic acid groups (broad SMARTS) is 1. The van der Waals surface area contributed by atoms with E-state index in [1.54, 1.807) is 42.5 Å². The van der Waals surface area contributed by atoms with Crippen LogP contribution in [0.4, 0.5) is 5.69 Å². The molecule has 1 aliphatic rings. The number of carbonyl (C=O) groups excluding carboxylic acids is 1. The van der Waals surface area contributed by atoms with Crippen molar-refractivity contribution in [3.63, 3.8) is 0 Å². The van der Waals surface area contributed by atoms with Crippen molar-refractivity contribution in [3.8, 4) is 0 Å². The van der Waals surface area contributed by atoms with Gasteiger partial charge in [-0.1, -0.05) is 66.2 Å². The fraction of sp³-hybridized carbons (Fsp3) is 0.192. The van der Waals surface area contributed by atoms with E-state index in [1.807, 2.05) is 31.2 Å². The smallest absolute Gasteiger partial charge is 0.303 e. The molecule has 1 heterocycles. The maximum atomic E-state index is 12.9. The van der Waals surface area contributed by atoms with Gasteiger partial charge in [-0.15, -0.1) is 0 Å². The van der Waals surface area contributed by atoms with E-state index in [0.717, 1.165) is 11.1 Å². The standard InChI is InChI=1S/C26H25N3O5S/c1-18-8-7-9-19(16-18)24-17-23(27-29(24)25(30)14-15-26(31)32)21-12-5-6-13-22(21)28-35(33,34)20-10-3-2-4-11-20/h2-13,16,24,28H,14-15,17H2,1H3,(H,31,32)/t24-/m1/s1. The Hall–Kier alpha value is -3.98. The van der Waals surface area contributed by atoms with Crippen molar-refractivity contribution in [2.75, 3.05) is 4.72 Å². The van der Waals surface area contributed by atoms with Gasteiger partial charge in [0.15, 0.2) is 0 Å². The first kappa shape index (κ1) is 24.2. The van der Waals surface area contributed by atoms with Crippen LogP contribution in [-0.2, 0) is 19.6 Å². The van der Waals surface area contributed by atoms with Crippen LogP contribution in [-0.4, -0.2) is 36.1 Å². The summed E-state index contributed by atoms with van der Waals surface area (Å²) in [4.78, 5) is 24.1. The number of carboxylic acids is 1. The summed E-state index contributed by atoms with van der Waals surface area (Å²) in [5.41, 5.74) is 3.32. The molecule has 1 amide bonds. The minimum atomic E-state index is -3.84. The molecule has 0 spiro atoms. The molecule has 0 aliphatic carbocycles. The normalized spacial score (nSPS) is 15.5. The van der Waals surface area contributed by atoms with E-state index >= 15 is 0 Å². The molecular formula is C26H25N3O5S. The van der Waals surface area contributed by atoms with Crippen molar-refractivity contribution < 1.29 is 23.1 Å². The average Bonchev–Trinajstić information content (AvgIpc) is 3.29. The highest BCUT2D eigenvalue weighted by molar-refractivity contribution is 7.92. The Labute approximate surface area is 204 Å². The summed E-state index contributed by atoms with van der Waals surface area (Å²) in [6.45, 7) is 1.95. The summed E-state index contributed by atoms with van der Waals surface area (Å²) in [6, 6.07) is 22.2. The number of hydrogen-bond donors (Lipinski definition) is 2. The minimum absolute atomic E-state index is 0.131. The van der Waals surface area contributed by atoms with Gasteiger partial charge in [-0.05, 0) is 30.7 Å². The van der Waals surface area contributed by atoms with Gasteiger partial charge in [-0.2, -0.15) is 5.10 Å². The zero-order chi connectivity index (χ0) is 25.0. The number of benzene rings is 3. The number of aryl methyl sites for hydroxylation is 1. The fourth-order valence-corrected chi connectivity index (χ4v) is 5.10. The highest BCUT2D eigenvalue weighted by Gasteiger charge is 2.34. The molecule has 4 rings (SSSR count). The van der Waals surface area contributed by atoms with Crippen molar-refractivity contribution in [1.29, 1.82) is 0 Å². The molecule has 2 N–H and O–H groups in total. The van der Waals surface area contributed by atoms with Crippen LogP contribution in [0, 0.1) is 6.92 Å². The third kappa shape index (κ3) is 5.58. The summed E-state index contributed by atoms with van der Waals surface area (Å²) < 4.78 is 28.5. The molecule has 1 atom stereocenters. The lowest BCUT2D eigenvalue weighted by Crippen LogP contribution is -2.27. The number of aliphatic carboxylic acids is 1. The van der Waals surface area contributed by atoms with Crippen LogP contribution in [0.1, 0.15) is 42.0 Å². The number of para-hydroxylation sites is 1. The number of hydrazone groups is 1. The van der Waals surface area contributed by atoms with Crippen LogP contribution in [0.15, 0.2) is 88.9 Å². The summed E-state index contributed by atoms with van der Waals surface area (Å²) in [5.74, 6) is -1.47. The van der Waals surface area contributed by atoms with Crippen LogP contribution in [0.3, 0.4) is 0 Å². The van der Waals surface area contributed by atoms with Crippen LogP contribution in [0.2, 0.25) is 0 Å². The Kier molecular flexibility index (Phi) is 6.97. The lowest BCUT2D eigenvalue weighted by atomic mass is 9.96. The highest BCUT2D eigenvalue weighted by Crippen LogP contribution is 2.35. The van der Waals surface area contributed by atoms with Gasteiger partial charge in [-0.25, -0.2) is 13.4 Å². The number of anilines is 1. The van der Waals surface area contributed by atoms with Crippen LogP contribution in [0.25, 0.3) is 0 Å². The summed E-state index contributed by atoms with van der Waals surface area (Å²) in [5, 5.41) is 14.9. The van der Waals surface area contributed by atoms with E-state index in [2.05, 4.69) is 9.82 Å². The highest BCUT2D eigenvalue weighted by atomic mass is 32.2. The second-order valence-electron chi connectivity index (χ2n) is 8.28. The first-order valence-electron chi connectivity index (χ1n) is 11.1. The molecule has 180 valence electrons. The third-order valence-electron chi connectivity index (χ3n) is 5.68. The van der Waals surface area contributed by atoms with Gasteiger partial charge >= 0.3 is 5.97 Å². The fourth-order valence-electron chi connectivity index (χ4n) is 4.00. The maximum Gasteiger partial charge on any atom is 0.303 e. The van der Waals surface area contributed by atoms with Gasteiger partial charge in [0.25, 0.3) is 10.0 Å². The molecule has 0 unspecified atom stereocenters. The zero-order valence-corrected chi connectivity index (χ0v) is 19.9. The van der Waals surface area contributed by atoms with Gasteiger partial charge in [0.05, 0.1) is 28.8 Å². The topological polar surface area (TPSA) is 116 Å². The molecule has 35 heavy (non-hydrogen) atoms. The van der Waals surface area contributed by atoms with Crippen LogP contribution >= 0.6 is 0 Å². The molecule has 8 nitrogen and oxygen atoms in total. The second-order valence-corrected chi connectivity index (χ2v) is 9.96. The molecule has 3 aromatic rings. The van der Waals surface area contributed by atoms with Gasteiger partial charge in [0.2, 0.25) is 5.91 Å². The molecule has 1 aliphatic heterocycles. The van der Waals surface area contributed by atoms with Gasteiger partial charge in [-0.3, -0.25) is 14.3 Å². The molecule has 0 saturated carbocycles. The predicted octanol–water partition coefficient (Wildman–Crippen LogP) is 4.34. The number of amides is 1. The molecular weight excluding hydrogens is 466 g/mol. The first-order chi connectivity index (χ1) is 16.7. The van der Waals surface area contributed by atoms with Crippen LogP contribution < -0.4 is 4.72 Å². The Morgan fingerprint density at radius 1 is 1.00 bits per heavy atom. The molecule has 0 aromatic heterocycles. The van der Waals surface area contributed by atoms with E-state index in [4.69, 9.17) is 5.11 Å².